The van der Waals surface area contributed by atoms with Crippen LogP contribution in [-0.4, -0.2) is 49.3 Å². The minimum Gasteiger partial charge on any atom is -0.493 e. The van der Waals surface area contributed by atoms with Crippen molar-refractivity contribution < 1.29 is 19.0 Å². The molecule has 198 valence electrons. The normalized spacial score (nSPS) is 10.8. The Morgan fingerprint density at radius 2 is 1.67 bits per heavy atom. The monoisotopic (exact) mass is 544 g/mol. The molecular weight excluding hydrogens is 520 g/mol. The lowest BCUT2D eigenvalue weighted by Gasteiger charge is -2.13. The fourth-order valence-electron chi connectivity index (χ4n) is 3.94. The molecule has 2 N–H and O–H groups in total. The van der Waals surface area contributed by atoms with E-state index < -0.39 is 6.03 Å². The molecule has 5 aromatic rings. The molecule has 0 spiro atoms. The van der Waals surface area contributed by atoms with Gasteiger partial charge in [-0.2, -0.15) is 0 Å². The van der Waals surface area contributed by atoms with E-state index in [4.69, 9.17) is 25.8 Å². The van der Waals surface area contributed by atoms with Crippen LogP contribution in [0.4, 0.5) is 22.0 Å². The number of hydrogen-bond donors (Lipinski definition) is 2. The molecule has 39 heavy (non-hydrogen) atoms. The maximum Gasteiger partial charge on any atom is 0.323 e. The number of nitrogens with zero attached hydrogens (tertiary/aromatic N) is 4. The van der Waals surface area contributed by atoms with Crippen LogP contribution >= 0.6 is 11.6 Å². The van der Waals surface area contributed by atoms with Gasteiger partial charge in [0, 0.05) is 37.3 Å². The summed E-state index contributed by atoms with van der Waals surface area (Å²) in [5, 5.41) is 7.42. The molecule has 0 aliphatic rings. The summed E-state index contributed by atoms with van der Waals surface area (Å²) < 4.78 is 16.7. The second-order valence-corrected chi connectivity index (χ2v) is 9.10. The smallest absolute Gasteiger partial charge is 0.323 e. The molecule has 0 unspecified atom stereocenters. The van der Waals surface area contributed by atoms with Gasteiger partial charge in [-0.05, 0) is 48.5 Å². The largest absolute Gasteiger partial charge is 0.493 e. The van der Waals surface area contributed by atoms with Crippen LogP contribution in [0.3, 0.4) is 0 Å². The topological polar surface area (TPSA) is 111 Å². The molecular formula is C28H25ClN6O4. The molecule has 0 bridgehead atoms. The molecule has 0 aliphatic heterocycles. The number of fused-ring (bicyclic) bond motifs is 2. The van der Waals surface area contributed by atoms with Crippen molar-refractivity contribution in [3.05, 3.63) is 72.0 Å². The van der Waals surface area contributed by atoms with Gasteiger partial charge >= 0.3 is 6.03 Å². The Kier molecular flexibility index (Phi) is 7.20. The number of ether oxygens (including phenoxy) is 3. The van der Waals surface area contributed by atoms with Crippen molar-refractivity contribution in [1.29, 1.82) is 0 Å². The summed E-state index contributed by atoms with van der Waals surface area (Å²) in [6.45, 7) is 0. The summed E-state index contributed by atoms with van der Waals surface area (Å²) in [4.78, 5) is 27.7. The van der Waals surface area contributed by atoms with Crippen LogP contribution in [0, 0.1) is 0 Å². The molecule has 0 radical (unpaired) electrons. The third-order valence-electron chi connectivity index (χ3n) is 5.90. The molecule has 2 amide bonds. The van der Waals surface area contributed by atoms with Crippen molar-refractivity contribution in [2.45, 2.75) is 0 Å². The average Bonchev–Trinajstić information content (AvgIpc) is 2.93. The van der Waals surface area contributed by atoms with E-state index in [-0.39, 0.29) is 0 Å². The number of aromatic nitrogens is 3. The zero-order valence-electron chi connectivity index (χ0n) is 21.7. The highest BCUT2D eigenvalue weighted by Gasteiger charge is 2.14. The van der Waals surface area contributed by atoms with Crippen molar-refractivity contribution >= 4 is 56.6 Å². The van der Waals surface area contributed by atoms with E-state index in [1.165, 1.54) is 6.33 Å². The van der Waals surface area contributed by atoms with E-state index in [0.29, 0.717) is 50.4 Å². The maximum atomic E-state index is 12.7. The fraction of sp³-hybridized carbons (Fsp3) is 0.143. The van der Waals surface area contributed by atoms with Gasteiger partial charge in [-0.25, -0.2) is 19.7 Å². The summed E-state index contributed by atoms with van der Waals surface area (Å²) in [5.41, 5.74) is 2.50. The van der Waals surface area contributed by atoms with Gasteiger partial charge in [0.2, 0.25) is 5.88 Å². The minimum absolute atomic E-state index is 0.291. The predicted molar refractivity (Wildman–Crippen MR) is 153 cm³/mol. The number of halogens is 1. The Hall–Kier alpha value is -4.83. The Balaban J connectivity index is 1.30. The number of amides is 2. The summed E-state index contributed by atoms with van der Waals surface area (Å²) in [6, 6.07) is 17.4. The lowest BCUT2D eigenvalue weighted by atomic mass is 10.2. The first-order valence-corrected chi connectivity index (χ1v) is 12.2. The number of urea groups is 1. The Morgan fingerprint density at radius 1 is 0.872 bits per heavy atom. The number of nitrogens with one attached hydrogen (secondary N) is 2. The third kappa shape index (κ3) is 5.55. The van der Waals surface area contributed by atoms with Crippen LogP contribution in [0.15, 0.2) is 67.0 Å². The van der Waals surface area contributed by atoms with Gasteiger partial charge in [-0.3, -0.25) is 0 Å². The molecule has 0 saturated heterocycles. The molecule has 0 saturated carbocycles. The van der Waals surface area contributed by atoms with Gasteiger partial charge in [0.15, 0.2) is 11.5 Å². The number of rotatable bonds is 7. The van der Waals surface area contributed by atoms with Crippen LogP contribution in [0.5, 0.6) is 23.1 Å². The Labute approximate surface area is 229 Å². The van der Waals surface area contributed by atoms with E-state index in [1.807, 2.05) is 43.3 Å². The standard InChI is InChI=1S/C28H25ClN6O4/c1-35(2)26-10-5-16-11-17(6-8-21(16)33-26)32-28(36)34-22-9-7-18(12-20(22)29)39-27-19-13-24(37-3)25(38-4)14-23(19)30-15-31-27/h5-15H,1-4H3,(H2,32,34,36). The van der Waals surface area contributed by atoms with Crippen molar-refractivity contribution in [3.63, 3.8) is 0 Å². The number of hydrogen-bond acceptors (Lipinski definition) is 8. The first-order valence-electron chi connectivity index (χ1n) is 11.8. The van der Waals surface area contributed by atoms with Gasteiger partial charge in [0.1, 0.15) is 17.9 Å². The Bertz CT molecular complexity index is 1690. The highest BCUT2D eigenvalue weighted by Crippen LogP contribution is 2.37. The summed E-state index contributed by atoms with van der Waals surface area (Å²) >= 11 is 6.46. The van der Waals surface area contributed by atoms with Crippen molar-refractivity contribution in [2.24, 2.45) is 0 Å². The molecule has 0 aliphatic carbocycles. The summed E-state index contributed by atoms with van der Waals surface area (Å²) in [6.07, 6.45) is 1.40. The first-order chi connectivity index (χ1) is 18.8. The molecule has 2 heterocycles. The number of carbonyl (C=O) groups is 1. The number of methoxy groups -OCH3 is 2. The number of benzene rings is 3. The van der Waals surface area contributed by atoms with Crippen LogP contribution in [0.2, 0.25) is 5.02 Å². The molecule has 2 aromatic heterocycles. The summed E-state index contributed by atoms with van der Waals surface area (Å²) in [7, 11) is 6.98. The maximum absolute atomic E-state index is 12.7. The fourth-order valence-corrected chi connectivity index (χ4v) is 4.16. The lowest BCUT2D eigenvalue weighted by Crippen LogP contribution is -2.19. The van der Waals surface area contributed by atoms with Crippen LogP contribution < -0.4 is 29.7 Å². The van der Waals surface area contributed by atoms with E-state index in [2.05, 4.69) is 25.6 Å². The molecule has 5 rings (SSSR count). The molecule has 0 fully saturated rings. The zero-order valence-corrected chi connectivity index (χ0v) is 22.4. The number of pyridine rings is 1. The predicted octanol–water partition coefficient (Wildman–Crippen LogP) is 6.35. The minimum atomic E-state index is -0.439. The average molecular weight is 545 g/mol. The van der Waals surface area contributed by atoms with Crippen molar-refractivity contribution in [1.82, 2.24) is 15.0 Å². The van der Waals surface area contributed by atoms with Crippen molar-refractivity contribution in [2.75, 3.05) is 43.8 Å². The van der Waals surface area contributed by atoms with E-state index in [9.17, 15) is 4.79 Å². The van der Waals surface area contributed by atoms with Gasteiger partial charge in [0.05, 0.1) is 41.3 Å². The van der Waals surface area contributed by atoms with Crippen LogP contribution in [0.25, 0.3) is 21.8 Å². The van der Waals surface area contributed by atoms with E-state index in [0.717, 1.165) is 16.7 Å². The highest BCUT2D eigenvalue weighted by atomic mass is 35.5. The van der Waals surface area contributed by atoms with E-state index in [1.54, 1.807) is 50.6 Å². The lowest BCUT2D eigenvalue weighted by molar-refractivity contribution is 0.262. The number of anilines is 3. The van der Waals surface area contributed by atoms with Gasteiger partial charge in [-0.15, -0.1) is 0 Å². The quantitative estimate of drug-likeness (QED) is 0.244. The van der Waals surface area contributed by atoms with Gasteiger partial charge in [0.25, 0.3) is 0 Å². The SMILES string of the molecule is COc1cc2ncnc(Oc3ccc(NC(=O)Nc4ccc5nc(N(C)C)ccc5c4)c(Cl)c3)c2cc1OC. The molecule has 10 nitrogen and oxygen atoms in total. The van der Waals surface area contributed by atoms with Crippen molar-refractivity contribution in [3.8, 4) is 23.1 Å². The highest BCUT2D eigenvalue weighted by molar-refractivity contribution is 6.34. The molecule has 11 heteroatoms. The van der Waals surface area contributed by atoms with Crippen LogP contribution in [-0.2, 0) is 0 Å². The molecule has 3 aromatic carbocycles. The van der Waals surface area contributed by atoms with Gasteiger partial charge < -0.3 is 29.7 Å². The van der Waals surface area contributed by atoms with Gasteiger partial charge in [-0.1, -0.05) is 11.6 Å². The zero-order chi connectivity index (χ0) is 27.5. The summed E-state index contributed by atoms with van der Waals surface area (Å²) in [5.74, 6) is 2.68. The third-order valence-corrected chi connectivity index (χ3v) is 6.21. The second-order valence-electron chi connectivity index (χ2n) is 8.70. The van der Waals surface area contributed by atoms with Crippen LogP contribution in [0.1, 0.15) is 0 Å². The van der Waals surface area contributed by atoms with E-state index >= 15 is 0 Å². The number of carbonyl (C=O) groups excluding carboxylic acids is 1. The second kappa shape index (κ2) is 10.9. The first kappa shape index (κ1) is 25.8. The molecule has 0 atom stereocenters. The Morgan fingerprint density at radius 3 is 2.41 bits per heavy atom.